The van der Waals surface area contributed by atoms with Crippen LogP contribution in [0, 0.1) is 12.3 Å². The van der Waals surface area contributed by atoms with E-state index >= 15 is 0 Å². The molecule has 1 N–H and O–H groups in total. The molecule has 2 rings (SSSR count). The van der Waals surface area contributed by atoms with Crippen LogP contribution in [0.25, 0.3) is 5.69 Å². The molecule has 0 bridgehead atoms. The Hall–Kier alpha value is -1.68. The smallest absolute Gasteiger partial charge is 0.187 e. The minimum Gasteiger partial charge on any atom is -0.294 e. The number of para-hydroxylation sites is 1. The number of ketones is 1. The van der Waals surface area contributed by atoms with Crippen LogP contribution >= 0.6 is 11.3 Å². The van der Waals surface area contributed by atoms with Gasteiger partial charge in [0.1, 0.15) is 0 Å². The molecule has 4 heteroatoms. The predicted octanol–water partition coefficient (Wildman–Crippen LogP) is 2.53. The van der Waals surface area contributed by atoms with Gasteiger partial charge in [-0.25, -0.2) is 0 Å². The van der Waals surface area contributed by atoms with E-state index in [2.05, 4.69) is 0 Å². The third-order valence-electron chi connectivity index (χ3n) is 2.40. The number of thiazole rings is 1. The number of benzene rings is 1. The van der Waals surface area contributed by atoms with Crippen molar-refractivity contribution in [3.8, 4) is 5.69 Å². The first-order valence-corrected chi connectivity index (χ1v) is 5.76. The first-order chi connectivity index (χ1) is 7.61. The molecule has 0 atom stereocenters. The summed E-state index contributed by atoms with van der Waals surface area (Å²) in [6.07, 6.45) is 0. The van der Waals surface area contributed by atoms with Crippen molar-refractivity contribution in [2.75, 3.05) is 0 Å². The second-order valence-electron chi connectivity index (χ2n) is 3.55. The average molecular weight is 232 g/mol. The van der Waals surface area contributed by atoms with Crippen LogP contribution < -0.4 is 4.80 Å². The molecule has 16 heavy (non-hydrogen) atoms. The highest BCUT2D eigenvalue weighted by atomic mass is 32.1. The lowest BCUT2D eigenvalue weighted by Crippen LogP contribution is -2.12. The van der Waals surface area contributed by atoms with Gasteiger partial charge in [0.2, 0.25) is 0 Å². The molecule has 2 aromatic rings. The normalized spacial score (nSPS) is 10.4. The molecular weight excluding hydrogens is 220 g/mol. The lowest BCUT2D eigenvalue weighted by molar-refractivity contribution is 0.102. The second kappa shape index (κ2) is 4.06. The Morgan fingerprint density at radius 2 is 1.94 bits per heavy atom. The van der Waals surface area contributed by atoms with Gasteiger partial charge in [0.15, 0.2) is 10.6 Å². The van der Waals surface area contributed by atoms with Gasteiger partial charge < -0.3 is 0 Å². The summed E-state index contributed by atoms with van der Waals surface area (Å²) in [4.78, 5) is 12.4. The standard InChI is InChI=1S/C12H12N2OS/c1-8-11(9(2)15)16-12(13)14(8)10-6-4-3-5-7-10/h3-7,13H,1-2H3. The maximum Gasteiger partial charge on any atom is 0.187 e. The molecular formula is C12H12N2OS. The highest BCUT2D eigenvalue weighted by Gasteiger charge is 2.13. The Morgan fingerprint density at radius 3 is 2.44 bits per heavy atom. The van der Waals surface area contributed by atoms with Crippen molar-refractivity contribution >= 4 is 17.1 Å². The van der Waals surface area contributed by atoms with Crippen molar-refractivity contribution in [2.45, 2.75) is 13.8 Å². The largest absolute Gasteiger partial charge is 0.294 e. The minimum atomic E-state index is 0.0191. The van der Waals surface area contributed by atoms with Gasteiger partial charge in [-0.05, 0) is 19.1 Å². The molecule has 82 valence electrons. The molecule has 0 aliphatic heterocycles. The lowest BCUT2D eigenvalue weighted by Gasteiger charge is -2.05. The Labute approximate surface area is 97.5 Å². The number of carbonyl (C=O) groups is 1. The van der Waals surface area contributed by atoms with E-state index in [1.54, 1.807) is 4.57 Å². The van der Waals surface area contributed by atoms with Crippen LogP contribution in [0.15, 0.2) is 30.3 Å². The van der Waals surface area contributed by atoms with E-state index in [1.807, 2.05) is 37.3 Å². The van der Waals surface area contributed by atoms with Crippen molar-refractivity contribution in [2.24, 2.45) is 0 Å². The van der Waals surface area contributed by atoms with Crippen LogP contribution in [0.4, 0.5) is 0 Å². The summed E-state index contributed by atoms with van der Waals surface area (Å²) in [6, 6.07) is 9.64. The van der Waals surface area contributed by atoms with Gasteiger partial charge in [0.05, 0.1) is 4.88 Å². The molecule has 0 spiro atoms. The Bertz CT molecular complexity index is 581. The summed E-state index contributed by atoms with van der Waals surface area (Å²) in [5.74, 6) is 0.0191. The van der Waals surface area contributed by atoms with Gasteiger partial charge in [-0.3, -0.25) is 14.8 Å². The van der Waals surface area contributed by atoms with Crippen molar-refractivity contribution in [3.63, 3.8) is 0 Å². The predicted molar refractivity (Wildman–Crippen MR) is 64.2 cm³/mol. The molecule has 0 aliphatic rings. The van der Waals surface area contributed by atoms with Gasteiger partial charge in [-0.1, -0.05) is 29.5 Å². The first kappa shape index (κ1) is 10.8. The number of nitrogens with one attached hydrogen (secondary N) is 1. The zero-order valence-corrected chi connectivity index (χ0v) is 9.97. The van der Waals surface area contributed by atoms with Gasteiger partial charge >= 0.3 is 0 Å². The van der Waals surface area contributed by atoms with E-state index in [0.29, 0.717) is 9.68 Å². The molecule has 0 fully saturated rings. The zero-order chi connectivity index (χ0) is 11.7. The van der Waals surface area contributed by atoms with Crippen LogP contribution in [-0.4, -0.2) is 10.4 Å². The number of aromatic nitrogens is 1. The number of rotatable bonds is 2. The van der Waals surface area contributed by atoms with Crippen molar-refractivity contribution in [1.29, 1.82) is 5.41 Å². The molecule has 0 unspecified atom stereocenters. The summed E-state index contributed by atoms with van der Waals surface area (Å²) in [7, 11) is 0. The molecule has 0 saturated heterocycles. The van der Waals surface area contributed by atoms with Gasteiger partial charge in [0, 0.05) is 18.3 Å². The fourth-order valence-electron chi connectivity index (χ4n) is 1.68. The maximum atomic E-state index is 11.4. The van der Waals surface area contributed by atoms with E-state index in [4.69, 9.17) is 5.41 Å². The van der Waals surface area contributed by atoms with Crippen molar-refractivity contribution in [3.05, 3.63) is 45.7 Å². The summed E-state index contributed by atoms with van der Waals surface area (Å²) in [5.41, 5.74) is 1.77. The van der Waals surface area contributed by atoms with Crippen LogP contribution in [0.2, 0.25) is 0 Å². The summed E-state index contributed by atoms with van der Waals surface area (Å²) in [6.45, 7) is 3.41. The lowest BCUT2D eigenvalue weighted by atomic mass is 10.2. The fourth-order valence-corrected chi connectivity index (χ4v) is 2.59. The molecule has 0 amide bonds. The van der Waals surface area contributed by atoms with Gasteiger partial charge in [-0.15, -0.1) is 0 Å². The molecule has 0 saturated carbocycles. The quantitative estimate of drug-likeness (QED) is 0.794. The highest BCUT2D eigenvalue weighted by molar-refractivity contribution is 7.11. The van der Waals surface area contributed by atoms with E-state index in [0.717, 1.165) is 11.4 Å². The van der Waals surface area contributed by atoms with E-state index in [1.165, 1.54) is 18.3 Å². The van der Waals surface area contributed by atoms with Crippen LogP contribution in [0.1, 0.15) is 22.3 Å². The summed E-state index contributed by atoms with van der Waals surface area (Å²) >= 11 is 1.22. The fraction of sp³-hybridized carbons (Fsp3) is 0.167. The van der Waals surface area contributed by atoms with E-state index in [9.17, 15) is 4.79 Å². The van der Waals surface area contributed by atoms with Crippen LogP contribution in [-0.2, 0) is 0 Å². The Balaban J connectivity index is 2.68. The molecule has 1 heterocycles. The molecule has 3 nitrogen and oxygen atoms in total. The molecule has 1 aromatic heterocycles. The number of nitrogens with zero attached hydrogens (tertiary/aromatic N) is 1. The first-order valence-electron chi connectivity index (χ1n) is 4.94. The van der Waals surface area contributed by atoms with Gasteiger partial charge in [0.25, 0.3) is 0 Å². The van der Waals surface area contributed by atoms with E-state index < -0.39 is 0 Å². The number of carbonyl (C=O) groups excluding carboxylic acids is 1. The monoisotopic (exact) mass is 232 g/mol. The SMILES string of the molecule is CC(=O)c1sc(=N)n(-c2ccccc2)c1C. The second-order valence-corrected chi connectivity index (χ2v) is 4.55. The summed E-state index contributed by atoms with van der Waals surface area (Å²) < 4.78 is 1.79. The molecule has 0 radical (unpaired) electrons. The summed E-state index contributed by atoms with van der Waals surface area (Å²) in [5, 5.41) is 7.89. The van der Waals surface area contributed by atoms with Crippen LogP contribution in [0.5, 0.6) is 0 Å². The topological polar surface area (TPSA) is 45.9 Å². The minimum absolute atomic E-state index is 0.0191. The van der Waals surface area contributed by atoms with E-state index in [-0.39, 0.29) is 5.78 Å². The number of hydrogen-bond donors (Lipinski definition) is 1. The highest BCUT2D eigenvalue weighted by Crippen LogP contribution is 2.16. The van der Waals surface area contributed by atoms with Crippen molar-refractivity contribution in [1.82, 2.24) is 4.57 Å². The van der Waals surface area contributed by atoms with Gasteiger partial charge in [-0.2, -0.15) is 0 Å². The van der Waals surface area contributed by atoms with Crippen molar-refractivity contribution < 1.29 is 4.79 Å². The Kier molecular flexibility index (Phi) is 2.75. The molecule has 1 aromatic carbocycles. The number of hydrogen-bond acceptors (Lipinski definition) is 3. The molecule has 0 aliphatic carbocycles. The zero-order valence-electron chi connectivity index (χ0n) is 9.15. The maximum absolute atomic E-state index is 11.4. The average Bonchev–Trinajstić information content (AvgIpc) is 2.56. The number of Topliss-reactive ketones (excluding diaryl/α,β-unsaturated/α-hetero) is 1. The third kappa shape index (κ3) is 1.72. The Morgan fingerprint density at radius 1 is 1.31 bits per heavy atom. The van der Waals surface area contributed by atoms with Crippen LogP contribution in [0.3, 0.4) is 0 Å². The third-order valence-corrected chi connectivity index (χ3v) is 3.56.